The fraction of sp³-hybridized carbons (Fsp3) is 0.235. The third-order valence-electron chi connectivity index (χ3n) is 3.18. The molecule has 104 valence electrons. The molecule has 0 bridgehead atoms. The number of carbonyl (C=O) groups is 1. The Morgan fingerprint density at radius 3 is 2.75 bits per heavy atom. The van der Waals surface area contributed by atoms with Gasteiger partial charge in [0.25, 0.3) is 0 Å². The highest BCUT2D eigenvalue weighted by molar-refractivity contribution is 6.06. The van der Waals surface area contributed by atoms with E-state index in [1.165, 1.54) is 0 Å². The van der Waals surface area contributed by atoms with Crippen molar-refractivity contribution < 1.29 is 14.3 Å². The maximum atomic E-state index is 12.2. The van der Waals surface area contributed by atoms with Crippen LogP contribution in [0.2, 0.25) is 0 Å². The van der Waals surface area contributed by atoms with Crippen molar-refractivity contribution in [1.29, 1.82) is 0 Å². The van der Waals surface area contributed by atoms with Crippen LogP contribution in [0.1, 0.15) is 16.8 Å². The third-order valence-corrected chi connectivity index (χ3v) is 3.18. The second kappa shape index (κ2) is 6.75. The summed E-state index contributed by atoms with van der Waals surface area (Å²) in [6.45, 7) is 0. The van der Waals surface area contributed by atoms with Crippen LogP contribution in [0.4, 0.5) is 0 Å². The molecule has 0 aromatic heterocycles. The van der Waals surface area contributed by atoms with Crippen molar-refractivity contribution in [1.82, 2.24) is 0 Å². The van der Waals surface area contributed by atoms with Crippen LogP contribution in [0, 0.1) is 5.92 Å². The largest absolute Gasteiger partial charge is 0.497 e. The van der Waals surface area contributed by atoms with E-state index in [0.29, 0.717) is 17.1 Å². The van der Waals surface area contributed by atoms with Gasteiger partial charge in [-0.05, 0) is 30.5 Å². The molecule has 1 unspecified atom stereocenters. The summed E-state index contributed by atoms with van der Waals surface area (Å²) in [5.74, 6) is 1.42. The zero-order valence-corrected chi connectivity index (χ0v) is 11.7. The highest BCUT2D eigenvalue weighted by atomic mass is 16.5. The normalized spacial score (nSPS) is 17.4. The molecule has 2 rings (SSSR count). The molecule has 20 heavy (non-hydrogen) atoms. The van der Waals surface area contributed by atoms with Crippen LogP contribution in [0.25, 0.3) is 0 Å². The molecule has 0 amide bonds. The molecule has 1 atom stereocenters. The predicted octanol–water partition coefficient (Wildman–Crippen LogP) is 3.58. The van der Waals surface area contributed by atoms with Gasteiger partial charge in [0.05, 0.1) is 19.8 Å². The molecule has 0 saturated heterocycles. The van der Waals surface area contributed by atoms with E-state index in [9.17, 15) is 4.79 Å². The van der Waals surface area contributed by atoms with E-state index >= 15 is 0 Å². The van der Waals surface area contributed by atoms with Gasteiger partial charge in [-0.3, -0.25) is 4.79 Å². The quantitative estimate of drug-likeness (QED) is 0.606. The molecule has 1 aliphatic carbocycles. The van der Waals surface area contributed by atoms with Crippen LogP contribution >= 0.6 is 0 Å². The van der Waals surface area contributed by atoms with Crippen molar-refractivity contribution in [2.75, 3.05) is 14.2 Å². The maximum Gasteiger partial charge on any atom is 0.189 e. The smallest absolute Gasteiger partial charge is 0.189 e. The Bertz CT molecular complexity index is 568. The Hall–Kier alpha value is -2.29. The first-order valence-electron chi connectivity index (χ1n) is 6.52. The number of allylic oxidation sites excluding steroid dienone is 6. The van der Waals surface area contributed by atoms with Crippen molar-refractivity contribution in [3.63, 3.8) is 0 Å². The second-order valence-corrected chi connectivity index (χ2v) is 4.50. The van der Waals surface area contributed by atoms with Gasteiger partial charge in [0, 0.05) is 6.07 Å². The number of hydrogen-bond donors (Lipinski definition) is 0. The molecule has 0 spiro atoms. The van der Waals surface area contributed by atoms with Gasteiger partial charge in [0.2, 0.25) is 0 Å². The molecule has 1 aromatic rings. The summed E-state index contributed by atoms with van der Waals surface area (Å²) in [5, 5.41) is 0. The van der Waals surface area contributed by atoms with Crippen LogP contribution < -0.4 is 9.47 Å². The summed E-state index contributed by atoms with van der Waals surface area (Å²) in [4.78, 5) is 12.2. The number of ether oxygens (including phenoxy) is 2. The SMILES string of the molecule is COc1ccc(C(=O)C=CC2C=CC=CC2)c(OC)c1. The summed E-state index contributed by atoms with van der Waals surface area (Å²) >= 11 is 0. The lowest BCUT2D eigenvalue weighted by atomic mass is 9.99. The minimum absolute atomic E-state index is 0.0625. The van der Waals surface area contributed by atoms with E-state index in [1.54, 1.807) is 38.5 Å². The first kappa shape index (κ1) is 14.1. The van der Waals surface area contributed by atoms with Gasteiger partial charge in [0.1, 0.15) is 11.5 Å². The van der Waals surface area contributed by atoms with Gasteiger partial charge < -0.3 is 9.47 Å². The average Bonchev–Trinajstić information content (AvgIpc) is 2.52. The molecule has 3 nitrogen and oxygen atoms in total. The van der Waals surface area contributed by atoms with Crippen molar-refractivity contribution in [2.45, 2.75) is 6.42 Å². The zero-order valence-electron chi connectivity index (χ0n) is 11.7. The van der Waals surface area contributed by atoms with E-state index in [2.05, 4.69) is 12.2 Å². The average molecular weight is 270 g/mol. The number of carbonyl (C=O) groups excluding carboxylic acids is 1. The zero-order chi connectivity index (χ0) is 14.4. The Labute approximate surface area is 119 Å². The van der Waals surface area contributed by atoms with E-state index in [0.717, 1.165) is 6.42 Å². The van der Waals surface area contributed by atoms with Gasteiger partial charge in [-0.25, -0.2) is 0 Å². The van der Waals surface area contributed by atoms with Crippen LogP contribution in [0.15, 0.2) is 54.7 Å². The van der Waals surface area contributed by atoms with Crippen molar-refractivity contribution in [3.8, 4) is 11.5 Å². The molecule has 3 heteroatoms. The molecule has 0 N–H and O–H groups in total. The Balaban J connectivity index is 2.14. The Kier molecular flexibility index (Phi) is 4.77. The monoisotopic (exact) mass is 270 g/mol. The van der Waals surface area contributed by atoms with E-state index in [-0.39, 0.29) is 11.7 Å². The van der Waals surface area contributed by atoms with Crippen molar-refractivity contribution in [3.05, 3.63) is 60.2 Å². The number of ketones is 1. The molecule has 0 aliphatic heterocycles. The summed E-state index contributed by atoms with van der Waals surface area (Å²) in [5.41, 5.74) is 0.542. The van der Waals surface area contributed by atoms with Gasteiger partial charge in [-0.1, -0.05) is 30.4 Å². The number of methoxy groups -OCH3 is 2. The first-order valence-corrected chi connectivity index (χ1v) is 6.52. The summed E-state index contributed by atoms with van der Waals surface area (Å²) in [7, 11) is 3.13. The van der Waals surface area contributed by atoms with Gasteiger partial charge in [0.15, 0.2) is 5.78 Å². The van der Waals surface area contributed by atoms with Crippen molar-refractivity contribution in [2.24, 2.45) is 5.92 Å². The van der Waals surface area contributed by atoms with Gasteiger partial charge in [-0.2, -0.15) is 0 Å². The fourth-order valence-corrected chi connectivity index (χ4v) is 2.05. The summed E-state index contributed by atoms with van der Waals surface area (Å²) in [6, 6.07) is 5.19. The molecule has 1 aliphatic rings. The first-order chi connectivity index (χ1) is 9.74. The molecule has 0 saturated carbocycles. The van der Waals surface area contributed by atoms with E-state index in [4.69, 9.17) is 9.47 Å². The molecular formula is C17H18O3. The van der Waals surface area contributed by atoms with Crippen LogP contribution in [-0.4, -0.2) is 20.0 Å². The number of rotatable bonds is 5. The topological polar surface area (TPSA) is 35.5 Å². The van der Waals surface area contributed by atoms with Crippen LogP contribution in [0.3, 0.4) is 0 Å². The summed E-state index contributed by atoms with van der Waals surface area (Å²) < 4.78 is 10.4. The van der Waals surface area contributed by atoms with E-state index in [1.807, 2.05) is 18.2 Å². The molecule has 0 heterocycles. The van der Waals surface area contributed by atoms with Crippen LogP contribution in [-0.2, 0) is 0 Å². The predicted molar refractivity (Wildman–Crippen MR) is 79.4 cm³/mol. The van der Waals surface area contributed by atoms with Gasteiger partial charge in [-0.15, -0.1) is 0 Å². The minimum atomic E-state index is -0.0625. The lowest BCUT2D eigenvalue weighted by molar-refractivity contribution is 0.104. The second-order valence-electron chi connectivity index (χ2n) is 4.50. The Morgan fingerprint density at radius 2 is 2.10 bits per heavy atom. The number of hydrogen-bond acceptors (Lipinski definition) is 3. The fourth-order valence-electron chi connectivity index (χ4n) is 2.05. The lowest BCUT2D eigenvalue weighted by Gasteiger charge is -2.09. The van der Waals surface area contributed by atoms with Crippen LogP contribution in [0.5, 0.6) is 11.5 Å². The lowest BCUT2D eigenvalue weighted by Crippen LogP contribution is -2.01. The third kappa shape index (κ3) is 3.38. The minimum Gasteiger partial charge on any atom is -0.497 e. The molecule has 0 radical (unpaired) electrons. The van der Waals surface area contributed by atoms with Gasteiger partial charge >= 0.3 is 0 Å². The molecule has 1 aromatic carbocycles. The Morgan fingerprint density at radius 1 is 1.25 bits per heavy atom. The number of benzene rings is 1. The molecular weight excluding hydrogens is 252 g/mol. The summed E-state index contributed by atoms with van der Waals surface area (Å²) in [6.07, 6.45) is 12.6. The standard InChI is InChI=1S/C17H18O3/c1-19-14-9-10-15(17(12-14)20-2)16(18)11-8-13-6-4-3-5-7-13/h3-6,8-13H,7H2,1-2H3. The van der Waals surface area contributed by atoms with Crippen molar-refractivity contribution >= 4 is 5.78 Å². The highest BCUT2D eigenvalue weighted by Crippen LogP contribution is 2.25. The van der Waals surface area contributed by atoms with E-state index < -0.39 is 0 Å². The highest BCUT2D eigenvalue weighted by Gasteiger charge is 2.11. The maximum absolute atomic E-state index is 12.2. The molecule has 0 fully saturated rings.